The molecule has 0 unspecified atom stereocenters. The third-order valence-corrected chi connectivity index (χ3v) is 0.996. The summed E-state index contributed by atoms with van der Waals surface area (Å²) in [5, 5.41) is 6.78. The van der Waals surface area contributed by atoms with Gasteiger partial charge in [0.15, 0.2) is 6.80 Å². The maximum absolute atomic E-state index is 11.4. The zero-order valence-electron chi connectivity index (χ0n) is 5.37. The smallest absolute Gasteiger partial charge is 0.200 e. The lowest BCUT2D eigenvalue weighted by molar-refractivity contribution is 0.498. The van der Waals surface area contributed by atoms with Crippen LogP contribution in [0.1, 0.15) is 0 Å². The van der Waals surface area contributed by atoms with E-state index in [9.17, 15) is 4.39 Å². The van der Waals surface area contributed by atoms with Crippen LogP contribution in [0.4, 0.5) is 10.1 Å². The summed E-state index contributed by atoms with van der Waals surface area (Å²) < 4.78 is 11.4. The highest BCUT2D eigenvalue weighted by molar-refractivity contribution is 5.34. The second kappa shape index (κ2) is 3.71. The first-order valence-corrected chi connectivity index (χ1v) is 2.92. The van der Waals surface area contributed by atoms with Crippen molar-refractivity contribution in [3.63, 3.8) is 0 Å². The molecule has 2 nitrogen and oxygen atoms in total. The highest BCUT2D eigenvalue weighted by atomic mass is 19.1. The van der Waals surface area contributed by atoms with Crippen molar-refractivity contribution in [1.29, 1.82) is 0 Å². The van der Waals surface area contributed by atoms with Crippen molar-refractivity contribution in [3.8, 4) is 0 Å². The van der Waals surface area contributed by atoms with E-state index in [0.717, 1.165) is 0 Å². The molecule has 1 aromatic rings. The van der Waals surface area contributed by atoms with Gasteiger partial charge in [0.05, 0.1) is 5.69 Å². The van der Waals surface area contributed by atoms with Crippen LogP contribution in [0.25, 0.3) is 0 Å². The number of rotatable bonds is 2. The Bertz CT molecular complexity index is 208. The van der Waals surface area contributed by atoms with Crippen molar-refractivity contribution in [2.24, 2.45) is 10.2 Å². The maximum Gasteiger partial charge on any atom is 0.200 e. The van der Waals surface area contributed by atoms with Gasteiger partial charge in [0.2, 0.25) is 0 Å². The van der Waals surface area contributed by atoms with Gasteiger partial charge in [-0.3, -0.25) is 0 Å². The topological polar surface area (TPSA) is 24.7 Å². The van der Waals surface area contributed by atoms with E-state index in [1.807, 2.05) is 18.2 Å². The Labute approximate surface area is 58.4 Å². The van der Waals surface area contributed by atoms with E-state index in [-0.39, 0.29) is 0 Å². The molecule has 0 amide bonds. The minimum absolute atomic E-state index is 0.681. The maximum atomic E-state index is 11.4. The van der Waals surface area contributed by atoms with Crippen LogP contribution in [0.5, 0.6) is 0 Å². The number of hydrogen-bond acceptors (Lipinski definition) is 2. The van der Waals surface area contributed by atoms with Crippen LogP contribution in [0.3, 0.4) is 0 Å². The zero-order chi connectivity index (χ0) is 7.23. The number of nitrogens with zero attached hydrogens (tertiary/aromatic N) is 2. The Kier molecular flexibility index (Phi) is 2.55. The van der Waals surface area contributed by atoms with Gasteiger partial charge in [-0.15, -0.1) is 0 Å². The molecule has 0 radical (unpaired) electrons. The van der Waals surface area contributed by atoms with Crippen LogP contribution < -0.4 is 0 Å². The molecule has 3 heteroatoms. The van der Waals surface area contributed by atoms with Gasteiger partial charge in [-0.1, -0.05) is 18.2 Å². The van der Waals surface area contributed by atoms with E-state index in [4.69, 9.17) is 0 Å². The summed E-state index contributed by atoms with van der Waals surface area (Å²) in [5.74, 6) is 0. The van der Waals surface area contributed by atoms with Gasteiger partial charge < -0.3 is 0 Å². The normalized spacial score (nSPS) is 10.5. The number of benzene rings is 1. The van der Waals surface area contributed by atoms with Crippen molar-refractivity contribution in [2.75, 3.05) is 6.80 Å². The van der Waals surface area contributed by atoms with Gasteiger partial charge in [0, 0.05) is 0 Å². The highest BCUT2D eigenvalue weighted by Gasteiger charge is 1.81. The molecule has 0 atom stereocenters. The summed E-state index contributed by atoms with van der Waals surface area (Å²) in [6.45, 7) is -0.755. The Morgan fingerprint density at radius 2 is 1.90 bits per heavy atom. The number of alkyl halides is 1. The Hall–Kier alpha value is -1.25. The van der Waals surface area contributed by atoms with Gasteiger partial charge in [0.25, 0.3) is 0 Å². The molecule has 1 rings (SSSR count). The summed E-state index contributed by atoms with van der Waals surface area (Å²) in [5.41, 5.74) is 0.681. The molecule has 52 valence electrons. The Balaban J connectivity index is 2.67. The fraction of sp³-hybridized carbons (Fsp3) is 0.143. The predicted molar refractivity (Wildman–Crippen MR) is 36.9 cm³/mol. The Morgan fingerprint density at radius 3 is 2.50 bits per heavy atom. The monoisotopic (exact) mass is 138 g/mol. The minimum Gasteiger partial charge on any atom is -0.223 e. The number of azo groups is 1. The summed E-state index contributed by atoms with van der Waals surface area (Å²) in [6.07, 6.45) is 0. The van der Waals surface area contributed by atoms with E-state index in [1.165, 1.54) is 0 Å². The van der Waals surface area contributed by atoms with Gasteiger partial charge in [-0.25, -0.2) is 4.39 Å². The van der Waals surface area contributed by atoms with Crippen molar-refractivity contribution >= 4 is 5.69 Å². The van der Waals surface area contributed by atoms with Crippen molar-refractivity contribution in [1.82, 2.24) is 0 Å². The van der Waals surface area contributed by atoms with Crippen LogP contribution in [0.2, 0.25) is 0 Å². The molecule has 0 aromatic heterocycles. The summed E-state index contributed by atoms with van der Waals surface area (Å²) >= 11 is 0. The molecule has 0 fully saturated rings. The lowest BCUT2D eigenvalue weighted by Gasteiger charge is -1.86. The van der Waals surface area contributed by atoms with Gasteiger partial charge >= 0.3 is 0 Å². The van der Waals surface area contributed by atoms with E-state index < -0.39 is 6.80 Å². The number of halogens is 1. The molecule has 0 saturated carbocycles. The lowest BCUT2D eigenvalue weighted by Crippen LogP contribution is -1.62. The van der Waals surface area contributed by atoms with Gasteiger partial charge in [0.1, 0.15) is 0 Å². The van der Waals surface area contributed by atoms with E-state index in [2.05, 4.69) is 10.2 Å². The molecule has 0 heterocycles. The molecule has 0 spiro atoms. The molecule has 0 aliphatic rings. The van der Waals surface area contributed by atoms with E-state index in [1.54, 1.807) is 12.1 Å². The molecule has 0 aliphatic carbocycles. The van der Waals surface area contributed by atoms with E-state index in [0.29, 0.717) is 5.69 Å². The van der Waals surface area contributed by atoms with Crippen LogP contribution in [-0.4, -0.2) is 6.80 Å². The lowest BCUT2D eigenvalue weighted by atomic mass is 10.3. The predicted octanol–water partition coefficient (Wildman–Crippen LogP) is 2.70. The first-order valence-electron chi connectivity index (χ1n) is 2.92. The SMILES string of the molecule is FCN=Nc1ccccc1. The molecule has 0 N–H and O–H groups in total. The Morgan fingerprint density at radius 1 is 1.20 bits per heavy atom. The molecule has 1 aromatic carbocycles. The molecule has 0 bridgehead atoms. The zero-order valence-corrected chi connectivity index (χ0v) is 5.37. The molecule has 0 saturated heterocycles. The largest absolute Gasteiger partial charge is 0.223 e. The minimum atomic E-state index is -0.755. The molecule has 10 heavy (non-hydrogen) atoms. The third kappa shape index (κ3) is 1.93. The van der Waals surface area contributed by atoms with Crippen LogP contribution in [0, 0.1) is 0 Å². The van der Waals surface area contributed by atoms with Crippen molar-refractivity contribution in [3.05, 3.63) is 30.3 Å². The van der Waals surface area contributed by atoms with E-state index >= 15 is 0 Å². The molecular weight excluding hydrogens is 131 g/mol. The summed E-state index contributed by atoms with van der Waals surface area (Å²) in [6, 6.07) is 9.05. The average Bonchev–Trinajstić information content (AvgIpc) is 2.03. The van der Waals surface area contributed by atoms with Gasteiger partial charge in [-0.05, 0) is 12.1 Å². The summed E-state index contributed by atoms with van der Waals surface area (Å²) in [4.78, 5) is 0. The number of hydrogen-bond donors (Lipinski definition) is 0. The first-order chi connectivity index (χ1) is 4.93. The standard InChI is InChI=1S/C7H7FN2/c8-6-9-10-7-4-2-1-3-5-7/h1-5H,6H2. The first kappa shape index (κ1) is 6.86. The van der Waals surface area contributed by atoms with Gasteiger partial charge in [-0.2, -0.15) is 10.2 Å². The molecule has 0 aliphatic heterocycles. The second-order valence-electron chi connectivity index (χ2n) is 1.70. The third-order valence-electron chi connectivity index (χ3n) is 0.996. The fourth-order valence-electron chi connectivity index (χ4n) is 0.603. The quantitative estimate of drug-likeness (QED) is 0.443. The highest BCUT2D eigenvalue weighted by Crippen LogP contribution is 2.09. The van der Waals surface area contributed by atoms with Crippen molar-refractivity contribution < 1.29 is 4.39 Å². The molecular formula is C7H7FN2. The second-order valence-corrected chi connectivity index (χ2v) is 1.70. The summed E-state index contributed by atoms with van der Waals surface area (Å²) in [7, 11) is 0. The average molecular weight is 138 g/mol. The van der Waals surface area contributed by atoms with Crippen LogP contribution >= 0.6 is 0 Å². The van der Waals surface area contributed by atoms with Crippen LogP contribution in [0.15, 0.2) is 40.6 Å². The van der Waals surface area contributed by atoms with Crippen molar-refractivity contribution in [2.45, 2.75) is 0 Å². The fourth-order valence-corrected chi connectivity index (χ4v) is 0.603. The van der Waals surface area contributed by atoms with Crippen LogP contribution in [-0.2, 0) is 0 Å².